The number of phenolic OH excluding ortho intramolecular Hbond substituents is 1. The van der Waals surface area contributed by atoms with Crippen LogP contribution in [0.1, 0.15) is 158 Å². The van der Waals surface area contributed by atoms with E-state index in [0.717, 1.165) is 59.0 Å². The minimum absolute atomic E-state index is 0.277. The average molecular weight is 539 g/mol. The highest BCUT2D eigenvalue weighted by Gasteiger charge is 2.59. The summed E-state index contributed by atoms with van der Waals surface area (Å²) in [6, 6.07) is 2.83. The van der Waals surface area contributed by atoms with Crippen molar-refractivity contribution in [1.82, 2.24) is 0 Å². The van der Waals surface area contributed by atoms with Crippen LogP contribution in [-0.2, 0) is 16.2 Å². The zero-order valence-electron chi connectivity index (χ0n) is 25.5. The van der Waals surface area contributed by atoms with Crippen LogP contribution in [0.3, 0.4) is 0 Å². The van der Waals surface area contributed by atoms with E-state index in [2.05, 4.69) is 19.9 Å². The van der Waals surface area contributed by atoms with Crippen molar-refractivity contribution in [3.8, 4) is 5.75 Å². The molecule has 0 atom stereocenters. The maximum Gasteiger partial charge on any atom is 0.123 e. The van der Waals surface area contributed by atoms with Crippen molar-refractivity contribution in [2.75, 3.05) is 0 Å². The van der Waals surface area contributed by atoms with Crippen molar-refractivity contribution >= 4 is 0 Å². The first-order valence-corrected chi connectivity index (χ1v) is 18.2. The molecule has 0 unspecified atom stereocenters. The van der Waals surface area contributed by atoms with Crippen molar-refractivity contribution in [1.29, 1.82) is 0 Å². The molecule has 1 heteroatoms. The molecule has 1 aromatic carbocycles. The standard InChI is InChI=1S/C39H54O/c1-22(2)34-35(39-19-29-9-30(20-39)11-31(10-29)21-39)32(37-13-23-3-24(14-37)5-25(4-23)15-37)12-33(36(34)40)38-16-26-6-27(17-38)8-28(7-26)18-38/h12,22-31,40H,3-11,13-21H2,1-2H3. The minimum Gasteiger partial charge on any atom is -0.507 e. The maximum atomic E-state index is 12.7. The second-order valence-corrected chi connectivity index (χ2v) is 18.9. The van der Waals surface area contributed by atoms with Gasteiger partial charge < -0.3 is 5.11 Å². The number of hydrogen-bond acceptors (Lipinski definition) is 1. The van der Waals surface area contributed by atoms with Crippen molar-refractivity contribution < 1.29 is 5.11 Å². The number of aromatic hydroxyl groups is 1. The van der Waals surface area contributed by atoms with Gasteiger partial charge in [-0.2, -0.15) is 0 Å². The molecule has 0 spiro atoms. The number of benzene rings is 1. The number of rotatable bonds is 4. The molecule has 0 heterocycles. The Hall–Kier alpha value is -0.980. The minimum atomic E-state index is 0.277. The molecule has 1 nitrogen and oxygen atoms in total. The van der Waals surface area contributed by atoms with Crippen molar-refractivity contribution in [3.05, 3.63) is 28.3 Å². The summed E-state index contributed by atoms with van der Waals surface area (Å²) in [4.78, 5) is 0. The van der Waals surface area contributed by atoms with E-state index < -0.39 is 0 Å². The van der Waals surface area contributed by atoms with E-state index in [1.807, 2.05) is 5.56 Å². The lowest BCUT2D eigenvalue weighted by Gasteiger charge is -2.62. The van der Waals surface area contributed by atoms with Gasteiger partial charge >= 0.3 is 0 Å². The summed E-state index contributed by atoms with van der Waals surface area (Å²) in [5, 5.41) is 12.7. The first-order valence-electron chi connectivity index (χ1n) is 18.2. The second-order valence-electron chi connectivity index (χ2n) is 18.9. The molecule has 0 saturated heterocycles. The summed E-state index contributed by atoms with van der Waals surface area (Å²) < 4.78 is 0. The van der Waals surface area contributed by atoms with Crippen LogP contribution in [0, 0.1) is 53.3 Å². The third-order valence-corrected chi connectivity index (χ3v) is 15.7. The van der Waals surface area contributed by atoms with Crippen LogP contribution < -0.4 is 0 Å². The Morgan fingerprint density at radius 3 is 1.12 bits per heavy atom. The Kier molecular flexibility index (Phi) is 4.85. The summed E-state index contributed by atoms with van der Waals surface area (Å²) in [5.74, 6) is 9.85. The molecule has 12 fully saturated rings. The lowest BCUT2D eigenvalue weighted by molar-refractivity contribution is -0.0191. The molecule has 12 aliphatic carbocycles. The van der Waals surface area contributed by atoms with Crippen LogP contribution >= 0.6 is 0 Å². The van der Waals surface area contributed by atoms with Gasteiger partial charge in [-0.15, -0.1) is 0 Å². The lowest BCUT2D eigenvalue weighted by Crippen LogP contribution is -2.53. The fourth-order valence-corrected chi connectivity index (χ4v) is 15.9. The summed E-state index contributed by atoms with van der Waals surface area (Å²) in [7, 11) is 0. The maximum absolute atomic E-state index is 12.7. The molecule has 0 radical (unpaired) electrons. The molecule has 12 saturated carbocycles. The molecular weight excluding hydrogens is 484 g/mol. The molecule has 1 N–H and O–H groups in total. The van der Waals surface area contributed by atoms with E-state index in [9.17, 15) is 5.11 Å². The Morgan fingerprint density at radius 1 is 0.500 bits per heavy atom. The van der Waals surface area contributed by atoms with Gasteiger partial charge in [0.2, 0.25) is 0 Å². The van der Waals surface area contributed by atoms with E-state index in [0.29, 0.717) is 16.7 Å². The molecular formula is C39H54O. The highest BCUT2D eigenvalue weighted by atomic mass is 16.3. The highest BCUT2D eigenvalue weighted by molar-refractivity contribution is 5.60. The van der Waals surface area contributed by atoms with Gasteiger partial charge in [-0.3, -0.25) is 0 Å². The van der Waals surface area contributed by atoms with Crippen LogP contribution in [0.4, 0.5) is 0 Å². The Morgan fingerprint density at radius 2 is 0.800 bits per heavy atom. The molecule has 1 aromatic rings. The van der Waals surface area contributed by atoms with Crippen molar-refractivity contribution in [3.63, 3.8) is 0 Å². The van der Waals surface area contributed by atoms with Gasteiger partial charge in [0.15, 0.2) is 0 Å². The fourth-order valence-electron chi connectivity index (χ4n) is 15.9. The third-order valence-electron chi connectivity index (χ3n) is 15.7. The van der Waals surface area contributed by atoms with Crippen LogP contribution in [0.15, 0.2) is 6.07 Å². The van der Waals surface area contributed by atoms with Crippen molar-refractivity contribution in [2.24, 2.45) is 53.3 Å². The SMILES string of the molecule is CC(C)c1c(O)c(C23CC4CC(CC(C4)C2)C3)cc(C23CC4CC(CC(C4)C2)C3)c1C12CC3CC(CC(C3)C1)C2. The Labute approximate surface area is 243 Å². The molecule has 12 bridgehead atoms. The van der Waals surface area contributed by atoms with Gasteiger partial charge in [0.05, 0.1) is 0 Å². The lowest BCUT2D eigenvalue weighted by atomic mass is 9.43. The van der Waals surface area contributed by atoms with E-state index in [1.54, 1.807) is 5.56 Å². The van der Waals surface area contributed by atoms with Crippen LogP contribution in [0.5, 0.6) is 5.75 Å². The molecule has 0 aromatic heterocycles. The predicted octanol–water partition coefficient (Wildman–Crippen LogP) is 9.92. The van der Waals surface area contributed by atoms with Gasteiger partial charge in [-0.05, 0) is 202 Å². The van der Waals surface area contributed by atoms with Crippen LogP contribution in [0.25, 0.3) is 0 Å². The Bertz CT molecular complexity index is 1140. The topological polar surface area (TPSA) is 20.2 Å². The van der Waals surface area contributed by atoms with E-state index in [1.165, 1.54) is 127 Å². The summed E-state index contributed by atoms with van der Waals surface area (Å²) in [6.45, 7) is 4.90. The second kappa shape index (κ2) is 7.94. The third kappa shape index (κ3) is 3.23. The fraction of sp³-hybridized carbons (Fsp3) is 0.846. The smallest absolute Gasteiger partial charge is 0.123 e. The Balaban J connectivity index is 1.23. The number of hydrogen-bond donors (Lipinski definition) is 1. The average Bonchev–Trinajstić information content (AvgIpc) is 2.85. The van der Waals surface area contributed by atoms with Gasteiger partial charge in [-0.1, -0.05) is 19.9 Å². The zero-order chi connectivity index (χ0) is 26.6. The van der Waals surface area contributed by atoms with E-state index in [4.69, 9.17) is 0 Å². The monoisotopic (exact) mass is 538 g/mol. The summed E-state index contributed by atoms with van der Waals surface area (Å²) in [5.41, 5.74) is 7.66. The quantitative estimate of drug-likeness (QED) is 0.404. The first kappa shape index (κ1) is 24.5. The predicted molar refractivity (Wildman–Crippen MR) is 162 cm³/mol. The molecule has 216 valence electrons. The molecule has 40 heavy (non-hydrogen) atoms. The normalized spacial score (nSPS) is 52.8. The molecule has 0 amide bonds. The van der Waals surface area contributed by atoms with Gasteiger partial charge in [0.1, 0.15) is 5.75 Å². The van der Waals surface area contributed by atoms with E-state index >= 15 is 0 Å². The zero-order valence-corrected chi connectivity index (χ0v) is 25.5. The molecule has 0 aliphatic heterocycles. The summed E-state index contributed by atoms with van der Waals surface area (Å²) in [6.07, 6.45) is 26.5. The van der Waals surface area contributed by atoms with E-state index in [-0.39, 0.29) is 5.41 Å². The van der Waals surface area contributed by atoms with Crippen LogP contribution in [0.2, 0.25) is 0 Å². The molecule has 13 rings (SSSR count). The first-order chi connectivity index (χ1) is 19.3. The highest BCUT2D eigenvalue weighted by Crippen LogP contribution is 2.69. The van der Waals surface area contributed by atoms with Crippen LogP contribution in [-0.4, -0.2) is 5.11 Å². The van der Waals surface area contributed by atoms with Crippen molar-refractivity contribution in [2.45, 2.75) is 152 Å². The van der Waals surface area contributed by atoms with Gasteiger partial charge in [-0.25, -0.2) is 0 Å². The van der Waals surface area contributed by atoms with Gasteiger partial charge in [0, 0.05) is 11.1 Å². The number of phenols is 1. The largest absolute Gasteiger partial charge is 0.507 e. The summed E-state index contributed by atoms with van der Waals surface area (Å²) >= 11 is 0. The van der Waals surface area contributed by atoms with Gasteiger partial charge in [0.25, 0.3) is 0 Å². The molecule has 12 aliphatic rings.